The molecule has 2 aliphatic heterocycles. The molecule has 1 aromatic carbocycles. The van der Waals surface area contributed by atoms with Crippen LogP contribution in [0.1, 0.15) is 31.2 Å². The number of likely N-dealkylation sites (N-methyl/N-ethyl adjacent to an activating group) is 1. The Morgan fingerprint density at radius 3 is 2.53 bits per heavy atom. The molecule has 10 heteroatoms. The number of ether oxygens (including phenoxy) is 1. The van der Waals surface area contributed by atoms with Crippen LogP contribution in [0.15, 0.2) is 61.9 Å². The van der Waals surface area contributed by atoms with E-state index in [4.69, 9.17) is 9.15 Å². The average Bonchev–Trinajstić information content (AvgIpc) is 3.48. The third kappa shape index (κ3) is 4.93. The maximum absolute atomic E-state index is 13.8. The van der Waals surface area contributed by atoms with Crippen molar-refractivity contribution >= 4 is 35.0 Å². The smallest absolute Gasteiger partial charge is 0.338 e. The minimum absolute atomic E-state index is 0.220. The van der Waals surface area contributed by atoms with E-state index >= 15 is 0 Å². The fraction of sp³-hybridized carbons (Fsp3) is 0.393. The Balaban J connectivity index is 1.57. The quantitative estimate of drug-likeness (QED) is 0.448. The topological polar surface area (TPSA) is 83.5 Å². The van der Waals surface area contributed by atoms with Gasteiger partial charge in [-0.2, -0.15) is 0 Å². The van der Waals surface area contributed by atoms with E-state index in [-0.39, 0.29) is 12.2 Å². The van der Waals surface area contributed by atoms with E-state index in [1.165, 1.54) is 11.3 Å². The second kappa shape index (κ2) is 10.6. The molecule has 0 saturated carbocycles. The number of hydrogen-bond donors (Lipinski definition) is 0. The predicted octanol–water partition coefficient (Wildman–Crippen LogP) is 2.21. The number of fused-ring (bicyclic) bond motifs is 1. The molecule has 0 amide bonds. The second-order valence-electron chi connectivity index (χ2n) is 9.75. The van der Waals surface area contributed by atoms with E-state index in [1.807, 2.05) is 55.4 Å². The number of nitrogens with zero attached hydrogens (tertiary/aromatic N) is 5. The Labute approximate surface area is 225 Å². The molecule has 0 N–H and O–H groups in total. The first-order valence-corrected chi connectivity index (χ1v) is 13.6. The van der Waals surface area contributed by atoms with Crippen molar-refractivity contribution < 1.29 is 13.9 Å². The monoisotopic (exact) mass is 535 g/mol. The third-order valence-corrected chi connectivity index (χ3v) is 7.93. The maximum atomic E-state index is 13.8. The van der Waals surface area contributed by atoms with Gasteiger partial charge in [-0.15, -0.1) is 0 Å². The molecule has 3 aromatic rings. The lowest BCUT2D eigenvalue weighted by Gasteiger charge is -2.32. The van der Waals surface area contributed by atoms with Crippen LogP contribution in [0.3, 0.4) is 0 Å². The van der Waals surface area contributed by atoms with Gasteiger partial charge in [0.2, 0.25) is 0 Å². The summed E-state index contributed by atoms with van der Waals surface area (Å²) in [5, 5.41) is 0. The number of hydrogen-bond acceptors (Lipinski definition) is 9. The summed E-state index contributed by atoms with van der Waals surface area (Å²) >= 11 is 1.29. The van der Waals surface area contributed by atoms with E-state index in [1.54, 1.807) is 24.5 Å². The first-order chi connectivity index (χ1) is 18.3. The summed E-state index contributed by atoms with van der Waals surface area (Å²) in [6.45, 7) is 7.55. The first kappa shape index (κ1) is 26.0. The van der Waals surface area contributed by atoms with Gasteiger partial charge >= 0.3 is 5.97 Å². The molecule has 1 atom stereocenters. The molecule has 0 radical (unpaired) electrons. The molecule has 0 unspecified atom stereocenters. The molecule has 0 spiro atoms. The highest BCUT2D eigenvalue weighted by Gasteiger charge is 2.33. The van der Waals surface area contributed by atoms with E-state index < -0.39 is 12.0 Å². The largest absolute Gasteiger partial charge is 0.463 e. The average molecular weight is 536 g/mol. The molecule has 0 bridgehead atoms. The number of benzene rings is 1. The molecule has 5 rings (SSSR count). The van der Waals surface area contributed by atoms with Crippen molar-refractivity contribution in [1.29, 1.82) is 0 Å². The van der Waals surface area contributed by atoms with Gasteiger partial charge in [-0.1, -0.05) is 23.5 Å². The standard InChI is InChI=1S/C28H33N5O4S/c1-6-36-27(35)24-18(2)29-28-33(25(24)19-7-9-20(10-8-19)30(3)4)26(34)22(38-28)17-21-11-12-23(37-21)32-15-13-31(5)14-16-32/h7-12,17,25H,6,13-16H2,1-5H3/b22-17+/t25-/m1/s1. The lowest BCUT2D eigenvalue weighted by atomic mass is 9.95. The van der Waals surface area contributed by atoms with Crippen LogP contribution in [0.4, 0.5) is 11.6 Å². The Bertz CT molecular complexity index is 1540. The van der Waals surface area contributed by atoms with Crippen LogP contribution >= 0.6 is 11.3 Å². The van der Waals surface area contributed by atoms with Gasteiger partial charge in [0.05, 0.1) is 28.5 Å². The van der Waals surface area contributed by atoms with Crippen molar-refractivity contribution in [1.82, 2.24) is 9.47 Å². The highest BCUT2D eigenvalue weighted by atomic mass is 32.1. The molecular weight excluding hydrogens is 502 g/mol. The maximum Gasteiger partial charge on any atom is 0.338 e. The van der Waals surface area contributed by atoms with Crippen LogP contribution in [0.2, 0.25) is 0 Å². The van der Waals surface area contributed by atoms with Crippen molar-refractivity contribution in [2.75, 3.05) is 63.7 Å². The van der Waals surface area contributed by atoms with Gasteiger partial charge < -0.3 is 23.9 Å². The fourth-order valence-electron chi connectivity index (χ4n) is 4.81. The molecule has 1 saturated heterocycles. The highest BCUT2D eigenvalue weighted by molar-refractivity contribution is 7.07. The summed E-state index contributed by atoms with van der Waals surface area (Å²) < 4.78 is 13.6. The zero-order valence-electron chi connectivity index (χ0n) is 22.4. The van der Waals surface area contributed by atoms with Gasteiger partial charge in [0.1, 0.15) is 5.76 Å². The van der Waals surface area contributed by atoms with E-state index in [0.717, 1.165) is 43.3 Å². The van der Waals surface area contributed by atoms with E-state index in [0.29, 0.717) is 26.4 Å². The van der Waals surface area contributed by atoms with Gasteiger partial charge in [-0.3, -0.25) is 9.36 Å². The normalized spacial score (nSPS) is 18.4. The van der Waals surface area contributed by atoms with Crippen molar-refractivity contribution in [3.05, 3.63) is 78.7 Å². The van der Waals surface area contributed by atoms with Crippen molar-refractivity contribution in [3.8, 4) is 0 Å². The molecular formula is C28H33N5O4S. The molecule has 9 nitrogen and oxygen atoms in total. The number of thiazole rings is 1. The zero-order valence-corrected chi connectivity index (χ0v) is 23.2. The number of aromatic nitrogens is 1. The van der Waals surface area contributed by atoms with Crippen LogP contribution in [0, 0.1) is 0 Å². The van der Waals surface area contributed by atoms with Gasteiger partial charge in [0.15, 0.2) is 10.7 Å². The third-order valence-electron chi connectivity index (χ3n) is 6.94. The molecule has 200 valence electrons. The minimum Gasteiger partial charge on any atom is -0.463 e. The number of rotatable bonds is 6. The molecule has 4 heterocycles. The Kier molecular flexibility index (Phi) is 7.27. The number of carbonyl (C=O) groups excluding carboxylic acids is 1. The molecule has 2 aliphatic rings. The van der Waals surface area contributed by atoms with Crippen molar-refractivity contribution in [2.24, 2.45) is 4.99 Å². The summed E-state index contributed by atoms with van der Waals surface area (Å²) in [6.07, 6.45) is 1.76. The van der Waals surface area contributed by atoms with Crippen molar-refractivity contribution in [3.63, 3.8) is 0 Å². The summed E-state index contributed by atoms with van der Waals surface area (Å²) in [5.41, 5.74) is 2.54. The van der Waals surface area contributed by atoms with Crippen molar-refractivity contribution in [2.45, 2.75) is 19.9 Å². The molecule has 2 aromatic heterocycles. The number of allylic oxidation sites excluding steroid dienone is 1. The summed E-state index contributed by atoms with van der Waals surface area (Å²) in [4.78, 5) is 38.6. The Hall–Kier alpha value is -3.63. The SMILES string of the molecule is CCOC(=O)C1=C(C)N=c2s/c(=C/c3ccc(N4CCN(C)CC4)o3)c(=O)n2[C@@H]1c1ccc(N(C)C)cc1. The number of furan rings is 1. The summed E-state index contributed by atoms with van der Waals surface area (Å²) in [6, 6.07) is 11.1. The number of anilines is 2. The molecule has 0 aliphatic carbocycles. The van der Waals surface area contributed by atoms with Crippen LogP contribution in [0.25, 0.3) is 6.08 Å². The number of piperazine rings is 1. The van der Waals surface area contributed by atoms with E-state index in [9.17, 15) is 9.59 Å². The van der Waals surface area contributed by atoms with Crippen LogP contribution in [-0.4, -0.2) is 69.4 Å². The Morgan fingerprint density at radius 1 is 1.16 bits per heavy atom. The second-order valence-corrected chi connectivity index (χ2v) is 10.8. The van der Waals surface area contributed by atoms with E-state index in [2.05, 4.69) is 21.8 Å². The first-order valence-electron chi connectivity index (χ1n) is 12.8. The van der Waals surface area contributed by atoms with Gasteiger partial charge in [-0.05, 0) is 44.7 Å². The minimum atomic E-state index is -0.638. The van der Waals surface area contributed by atoms with Crippen LogP contribution in [0.5, 0.6) is 0 Å². The van der Waals surface area contributed by atoms with Gasteiger partial charge in [-0.25, -0.2) is 9.79 Å². The number of carbonyl (C=O) groups is 1. The molecule has 38 heavy (non-hydrogen) atoms. The van der Waals surface area contributed by atoms with Gasteiger partial charge in [0.25, 0.3) is 5.56 Å². The predicted molar refractivity (Wildman–Crippen MR) is 150 cm³/mol. The lowest BCUT2D eigenvalue weighted by Crippen LogP contribution is -2.44. The summed E-state index contributed by atoms with van der Waals surface area (Å²) in [7, 11) is 6.05. The van der Waals surface area contributed by atoms with Gasteiger partial charge in [0, 0.05) is 58.1 Å². The fourth-order valence-corrected chi connectivity index (χ4v) is 5.83. The highest BCUT2D eigenvalue weighted by Crippen LogP contribution is 2.31. The van der Waals surface area contributed by atoms with Crippen LogP contribution < -0.4 is 24.7 Å². The Morgan fingerprint density at radius 2 is 1.87 bits per heavy atom. The lowest BCUT2D eigenvalue weighted by molar-refractivity contribution is -0.139. The molecule has 1 fully saturated rings. The van der Waals surface area contributed by atoms with Crippen LogP contribution in [-0.2, 0) is 9.53 Å². The summed E-state index contributed by atoms with van der Waals surface area (Å²) in [5.74, 6) is 0.946. The zero-order chi connectivity index (χ0) is 27.0. The number of esters is 1.